The number of H-pyrrole nitrogens is 1. The van der Waals surface area contributed by atoms with E-state index >= 15 is 0 Å². The van der Waals surface area contributed by atoms with Gasteiger partial charge in [-0.15, -0.1) is 0 Å². The van der Waals surface area contributed by atoms with E-state index in [1.807, 2.05) is 54.0 Å². The third-order valence-electron chi connectivity index (χ3n) is 5.26. The molecule has 1 amide bonds. The van der Waals surface area contributed by atoms with E-state index in [9.17, 15) is 9.59 Å². The predicted octanol–water partition coefficient (Wildman–Crippen LogP) is 3.66. The fraction of sp³-hybridized carbons (Fsp3) is 0.333. The lowest BCUT2D eigenvalue weighted by Gasteiger charge is -2.10. The molecule has 8 nitrogen and oxygen atoms in total. The molecule has 0 spiro atoms. The van der Waals surface area contributed by atoms with Gasteiger partial charge >= 0.3 is 0 Å². The molecule has 0 aliphatic heterocycles. The van der Waals surface area contributed by atoms with E-state index in [0.29, 0.717) is 61.7 Å². The summed E-state index contributed by atoms with van der Waals surface area (Å²) in [5.41, 5.74) is 2.33. The van der Waals surface area contributed by atoms with Crippen molar-refractivity contribution in [3.05, 3.63) is 64.7 Å². The van der Waals surface area contributed by atoms with Crippen LogP contribution in [0.5, 0.6) is 0 Å². The van der Waals surface area contributed by atoms with Gasteiger partial charge in [-0.3, -0.25) is 14.9 Å². The van der Waals surface area contributed by atoms with Crippen molar-refractivity contribution >= 4 is 33.8 Å². The summed E-state index contributed by atoms with van der Waals surface area (Å²) in [6, 6.07) is 15.1. The summed E-state index contributed by atoms with van der Waals surface area (Å²) in [4.78, 5) is 36.7. The maximum Gasteiger partial charge on any atom is 0.258 e. The highest BCUT2D eigenvalue weighted by Crippen LogP contribution is 2.20. The number of aromatic nitrogens is 4. The highest BCUT2D eigenvalue weighted by molar-refractivity contribution is 5.91. The number of aromatic amines is 1. The molecule has 0 saturated carbocycles. The number of imidazole rings is 1. The maximum absolute atomic E-state index is 12.6. The first-order chi connectivity index (χ1) is 15.7. The summed E-state index contributed by atoms with van der Waals surface area (Å²) in [7, 11) is 0. The molecule has 0 aliphatic rings. The molecule has 0 fully saturated rings. The molecule has 4 aromatic rings. The molecule has 4 rings (SSSR count). The molecule has 0 atom stereocenters. The van der Waals surface area contributed by atoms with Crippen molar-refractivity contribution in [1.82, 2.24) is 19.5 Å². The molecule has 2 N–H and O–H groups in total. The largest absolute Gasteiger partial charge is 0.382 e. The van der Waals surface area contributed by atoms with Crippen LogP contribution in [0.1, 0.15) is 32.0 Å². The summed E-state index contributed by atoms with van der Waals surface area (Å²) in [5, 5.41) is 3.51. The first kappa shape index (κ1) is 21.7. The SMILES string of the molecule is CCOCCCn1c(NC(=O)CCCc2nc3ccccc3c(=O)[nH]2)nc2ccccc21. The number of rotatable bonds is 10. The number of carbonyl (C=O) groups is 1. The van der Waals surface area contributed by atoms with Gasteiger partial charge in [0.2, 0.25) is 11.9 Å². The molecule has 2 aromatic carbocycles. The Bertz CT molecular complexity index is 1280. The van der Waals surface area contributed by atoms with E-state index < -0.39 is 0 Å². The van der Waals surface area contributed by atoms with Crippen LogP contribution in [0.25, 0.3) is 21.9 Å². The number of hydrogen-bond donors (Lipinski definition) is 2. The topological polar surface area (TPSA) is 102 Å². The Balaban J connectivity index is 1.39. The van der Waals surface area contributed by atoms with Gasteiger partial charge in [-0.05, 0) is 44.0 Å². The van der Waals surface area contributed by atoms with Crippen molar-refractivity contribution in [2.45, 2.75) is 39.2 Å². The number of carbonyl (C=O) groups excluding carboxylic acids is 1. The number of anilines is 1. The first-order valence-corrected chi connectivity index (χ1v) is 11.0. The first-order valence-electron chi connectivity index (χ1n) is 11.0. The second kappa shape index (κ2) is 10.2. The van der Waals surface area contributed by atoms with Crippen LogP contribution in [0.15, 0.2) is 53.3 Å². The minimum atomic E-state index is -0.157. The second-order valence-electron chi connectivity index (χ2n) is 7.56. The van der Waals surface area contributed by atoms with Crippen molar-refractivity contribution < 1.29 is 9.53 Å². The Kier molecular flexibility index (Phi) is 6.91. The molecule has 0 aliphatic carbocycles. The molecule has 2 aromatic heterocycles. The zero-order valence-corrected chi connectivity index (χ0v) is 18.1. The minimum absolute atomic E-state index is 0.116. The van der Waals surface area contributed by atoms with Crippen molar-refractivity contribution in [2.24, 2.45) is 0 Å². The summed E-state index contributed by atoms with van der Waals surface area (Å²) >= 11 is 0. The molecule has 0 saturated heterocycles. The number of nitrogens with zero attached hydrogens (tertiary/aromatic N) is 3. The molecular weight excluding hydrogens is 406 g/mol. The van der Waals surface area contributed by atoms with E-state index in [1.54, 1.807) is 6.07 Å². The zero-order valence-electron chi connectivity index (χ0n) is 18.1. The number of ether oxygens (including phenoxy) is 1. The Morgan fingerprint density at radius 2 is 1.84 bits per heavy atom. The highest BCUT2D eigenvalue weighted by Gasteiger charge is 2.13. The summed E-state index contributed by atoms with van der Waals surface area (Å²) in [6.07, 6.45) is 2.21. The monoisotopic (exact) mass is 433 g/mol. The molecule has 166 valence electrons. The molecule has 0 radical (unpaired) electrons. The summed E-state index contributed by atoms with van der Waals surface area (Å²) < 4.78 is 7.47. The number of amides is 1. The van der Waals surface area contributed by atoms with Gasteiger partial charge in [-0.25, -0.2) is 9.97 Å². The van der Waals surface area contributed by atoms with E-state index in [2.05, 4.69) is 20.3 Å². The van der Waals surface area contributed by atoms with Crippen LogP contribution >= 0.6 is 0 Å². The fourth-order valence-electron chi connectivity index (χ4n) is 3.72. The van der Waals surface area contributed by atoms with Crippen molar-refractivity contribution in [2.75, 3.05) is 18.5 Å². The van der Waals surface area contributed by atoms with E-state index in [-0.39, 0.29) is 11.5 Å². The fourth-order valence-corrected chi connectivity index (χ4v) is 3.72. The van der Waals surface area contributed by atoms with E-state index in [1.165, 1.54) is 0 Å². The van der Waals surface area contributed by atoms with Gasteiger partial charge in [0.1, 0.15) is 5.82 Å². The Labute approximate surface area is 185 Å². The average molecular weight is 434 g/mol. The standard InChI is InChI=1S/C24H27N5O3/c1-2-32-16-8-15-29-20-12-6-5-11-19(20)26-24(29)28-22(30)14-7-13-21-25-18-10-4-3-9-17(18)23(31)27-21/h3-6,9-12H,2,7-8,13-16H2,1H3,(H,25,27,31)(H,26,28,30). The van der Waals surface area contributed by atoms with Crippen molar-refractivity contribution in [3.63, 3.8) is 0 Å². The smallest absolute Gasteiger partial charge is 0.258 e. The van der Waals surface area contributed by atoms with Gasteiger partial charge in [0.05, 0.1) is 21.9 Å². The second-order valence-corrected chi connectivity index (χ2v) is 7.56. The number of hydrogen-bond acceptors (Lipinski definition) is 5. The van der Waals surface area contributed by atoms with Gasteiger partial charge in [0.25, 0.3) is 5.56 Å². The lowest BCUT2D eigenvalue weighted by molar-refractivity contribution is -0.116. The number of fused-ring (bicyclic) bond motifs is 2. The van der Waals surface area contributed by atoms with Crippen LogP contribution in [0, 0.1) is 0 Å². The average Bonchev–Trinajstić information content (AvgIpc) is 3.13. The molecular formula is C24H27N5O3. The Morgan fingerprint density at radius 3 is 2.69 bits per heavy atom. The normalized spacial score (nSPS) is 11.3. The molecule has 0 bridgehead atoms. The Morgan fingerprint density at radius 1 is 1.06 bits per heavy atom. The van der Waals surface area contributed by atoms with Gasteiger partial charge in [0.15, 0.2) is 0 Å². The molecule has 0 unspecified atom stereocenters. The van der Waals surface area contributed by atoms with Crippen LogP contribution < -0.4 is 10.9 Å². The lowest BCUT2D eigenvalue weighted by Crippen LogP contribution is -2.17. The van der Waals surface area contributed by atoms with Crippen LogP contribution in [0.4, 0.5) is 5.95 Å². The molecule has 8 heteroatoms. The van der Waals surface area contributed by atoms with E-state index in [0.717, 1.165) is 17.5 Å². The lowest BCUT2D eigenvalue weighted by atomic mass is 10.2. The van der Waals surface area contributed by atoms with Gasteiger partial charge in [0, 0.05) is 32.6 Å². The van der Waals surface area contributed by atoms with Crippen molar-refractivity contribution in [1.29, 1.82) is 0 Å². The number of para-hydroxylation sites is 3. The van der Waals surface area contributed by atoms with Gasteiger partial charge < -0.3 is 14.3 Å². The summed E-state index contributed by atoms with van der Waals surface area (Å²) in [5.74, 6) is 1.02. The van der Waals surface area contributed by atoms with Gasteiger partial charge in [-0.1, -0.05) is 24.3 Å². The molecule has 2 heterocycles. The third kappa shape index (κ3) is 5.03. The minimum Gasteiger partial charge on any atom is -0.382 e. The third-order valence-corrected chi connectivity index (χ3v) is 5.26. The zero-order chi connectivity index (χ0) is 22.3. The summed E-state index contributed by atoms with van der Waals surface area (Å²) in [6.45, 7) is 4.03. The number of benzene rings is 2. The molecule has 32 heavy (non-hydrogen) atoms. The maximum atomic E-state index is 12.6. The van der Waals surface area contributed by atoms with Crippen LogP contribution in [-0.4, -0.2) is 38.6 Å². The van der Waals surface area contributed by atoms with Crippen LogP contribution in [0.3, 0.4) is 0 Å². The highest BCUT2D eigenvalue weighted by atomic mass is 16.5. The van der Waals surface area contributed by atoms with Crippen molar-refractivity contribution in [3.8, 4) is 0 Å². The van der Waals surface area contributed by atoms with E-state index in [4.69, 9.17) is 4.74 Å². The van der Waals surface area contributed by atoms with Crippen LogP contribution in [0.2, 0.25) is 0 Å². The Hall–Kier alpha value is -3.52. The quantitative estimate of drug-likeness (QED) is 0.372. The number of nitrogens with one attached hydrogen (secondary N) is 2. The van der Waals surface area contributed by atoms with Crippen LogP contribution in [-0.2, 0) is 22.5 Å². The number of aryl methyl sites for hydroxylation is 2. The predicted molar refractivity (Wildman–Crippen MR) is 125 cm³/mol. The van der Waals surface area contributed by atoms with Gasteiger partial charge in [-0.2, -0.15) is 0 Å².